The molecule has 3 rings (SSSR count). The van der Waals surface area contributed by atoms with E-state index in [9.17, 15) is 9.18 Å². The van der Waals surface area contributed by atoms with Crippen LogP contribution in [0.1, 0.15) is 16.2 Å². The normalized spacial score (nSPS) is 10.8. The summed E-state index contributed by atoms with van der Waals surface area (Å²) in [5.41, 5.74) is 2.30. The highest BCUT2D eigenvalue weighted by molar-refractivity contribution is 6.28. The Morgan fingerprint density at radius 1 is 1.38 bits per heavy atom. The Kier molecular flexibility index (Phi) is 4.30. The largest absolute Gasteiger partial charge is 0.334 e. The number of rotatable bonds is 4. The summed E-state index contributed by atoms with van der Waals surface area (Å²) < 4.78 is 14.4. The number of nitrogens with one attached hydrogen (secondary N) is 1. The van der Waals surface area contributed by atoms with Crippen LogP contribution in [0.15, 0.2) is 30.5 Å². The van der Waals surface area contributed by atoms with E-state index in [0.717, 1.165) is 16.8 Å². The van der Waals surface area contributed by atoms with Gasteiger partial charge in [-0.2, -0.15) is 10.1 Å². The third-order valence-electron chi connectivity index (χ3n) is 3.51. The molecule has 124 valence electrons. The molecule has 0 unspecified atom stereocenters. The molecular weight excluding hydrogens is 335 g/mol. The number of hydrogen-bond acceptors (Lipinski definition) is 4. The Hall–Kier alpha value is -2.74. The number of benzene rings is 1. The van der Waals surface area contributed by atoms with Crippen molar-refractivity contribution in [3.63, 3.8) is 0 Å². The number of aryl methyl sites for hydroxylation is 1. The Morgan fingerprint density at radius 3 is 2.71 bits per heavy atom. The fraction of sp³-hybridized carbons (Fsp3) is 0.200. The molecule has 0 atom stereocenters. The third kappa shape index (κ3) is 3.13. The van der Waals surface area contributed by atoms with Gasteiger partial charge in [-0.25, -0.2) is 9.07 Å². The van der Waals surface area contributed by atoms with E-state index in [0.29, 0.717) is 0 Å². The zero-order valence-electron chi connectivity index (χ0n) is 13.0. The van der Waals surface area contributed by atoms with Crippen LogP contribution >= 0.6 is 11.6 Å². The molecule has 24 heavy (non-hydrogen) atoms. The summed E-state index contributed by atoms with van der Waals surface area (Å²) in [4.78, 5) is 17.8. The minimum Gasteiger partial charge on any atom is -0.334 e. The van der Waals surface area contributed by atoms with Crippen molar-refractivity contribution in [2.24, 2.45) is 7.05 Å². The molecule has 0 fully saturated rings. The molecule has 2 heterocycles. The molecule has 0 saturated carbocycles. The van der Waals surface area contributed by atoms with E-state index in [2.05, 4.69) is 20.3 Å². The number of aromatic nitrogens is 5. The molecular formula is C15H14ClFN6O. The number of carbonyl (C=O) groups excluding carboxylic acids is 1. The van der Waals surface area contributed by atoms with Crippen LogP contribution in [0.5, 0.6) is 0 Å². The van der Waals surface area contributed by atoms with Crippen LogP contribution in [0.25, 0.3) is 11.3 Å². The predicted octanol–water partition coefficient (Wildman–Crippen LogP) is 2.27. The maximum atomic E-state index is 13.1. The van der Waals surface area contributed by atoms with Crippen LogP contribution in [0.4, 0.5) is 4.39 Å². The van der Waals surface area contributed by atoms with Crippen molar-refractivity contribution in [1.82, 2.24) is 29.9 Å². The average Bonchev–Trinajstić information content (AvgIpc) is 3.14. The van der Waals surface area contributed by atoms with Gasteiger partial charge in [0.25, 0.3) is 5.91 Å². The van der Waals surface area contributed by atoms with Gasteiger partial charge in [0.15, 0.2) is 0 Å². The second-order valence-electron chi connectivity index (χ2n) is 5.27. The first kappa shape index (κ1) is 16.1. The first-order valence-electron chi connectivity index (χ1n) is 7.06. The highest BCUT2D eigenvalue weighted by Gasteiger charge is 2.20. The van der Waals surface area contributed by atoms with Crippen LogP contribution in [0.2, 0.25) is 5.28 Å². The van der Waals surface area contributed by atoms with E-state index >= 15 is 0 Å². The Labute approximate surface area is 142 Å². The van der Waals surface area contributed by atoms with Crippen molar-refractivity contribution < 1.29 is 9.18 Å². The van der Waals surface area contributed by atoms with Gasteiger partial charge in [-0.1, -0.05) is 0 Å². The molecule has 2 aromatic heterocycles. The van der Waals surface area contributed by atoms with Crippen molar-refractivity contribution in [3.05, 3.63) is 53.0 Å². The number of H-pyrrole nitrogens is 1. The molecule has 1 amide bonds. The Morgan fingerprint density at radius 2 is 2.08 bits per heavy atom. The fourth-order valence-corrected chi connectivity index (χ4v) is 2.37. The first-order valence-corrected chi connectivity index (χ1v) is 7.43. The number of nitrogens with zero attached hydrogens (tertiary/aromatic N) is 5. The zero-order valence-corrected chi connectivity index (χ0v) is 13.8. The fourth-order valence-electron chi connectivity index (χ4n) is 2.25. The van der Waals surface area contributed by atoms with Crippen LogP contribution in [0.3, 0.4) is 0 Å². The van der Waals surface area contributed by atoms with Crippen molar-refractivity contribution in [1.29, 1.82) is 0 Å². The standard InChI is InChI=1S/C15H14ClFN6O/c1-22(14(24)13-19-15(16)23(2)21-13)8-10-7-18-20-12(10)9-3-5-11(17)6-4-9/h3-7H,8H2,1-2H3,(H,18,20). The maximum Gasteiger partial charge on any atom is 0.293 e. The molecule has 0 aliphatic rings. The number of hydrogen-bond donors (Lipinski definition) is 1. The minimum absolute atomic E-state index is 0.0248. The smallest absolute Gasteiger partial charge is 0.293 e. The van der Waals surface area contributed by atoms with Gasteiger partial charge in [-0.15, -0.1) is 5.10 Å². The summed E-state index contributed by atoms with van der Waals surface area (Å²) in [6, 6.07) is 6.03. The SMILES string of the molecule is CN(Cc1cn[nH]c1-c1ccc(F)cc1)C(=O)c1nc(Cl)n(C)n1. The maximum absolute atomic E-state index is 13.1. The molecule has 0 aliphatic heterocycles. The molecule has 0 saturated heterocycles. The number of aromatic amines is 1. The molecule has 1 aromatic carbocycles. The lowest BCUT2D eigenvalue weighted by Crippen LogP contribution is -2.27. The van der Waals surface area contributed by atoms with Crippen LogP contribution < -0.4 is 0 Å². The summed E-state index contributed by atoms with van der Waals surface area (Å²) in [5, 5.41) is 11.0. The highest BCUT2D eigenvalue weighted by atomic mass is 35.5. The third-order valence-corrected chi connectivity index (χ3v) is 3.84. The highest BCUT2D eigenvalue weighted by Crippen LogP contribution is 2.22. The van der Waals surface area contributed by atoms with E-state index in [4.69, 9.17) is 11.6 Å². The van der Waals surface area contributed by atoms with E-state index in [1.54, 1.807) is 32.4 Å². The molecule has 0 bridgehead atoms. The molecule has 7 nitrogen and oxygen atoms in total. The van der Waals surface area contributed by atoms with Crippen LogP contribution in [-0.4, -0.2) is 42.8 Å². The van der Waals surface area contributed by atoms with Crippen molar-refractivity contribution in [3.8, 4) is 11.3 Å². The van der Waals surface area contributed by atoms with Crippen molar-refractivity contribution in [2.75, 3.05) is 7.05 Å². The van der Waals surface area contributed by atoms with Gasteiger partial charge in [0.1, 0.15) is 5.82 Å². The Bertz CT molecular complexity index is 853. The molecule has 0 aliphatic carbocycles. The van der Waals surface area contributed by atoms with Gasteiger partial charge >= 0.3 is 0 Å². The average molecular weight is 349 g/mol. The van der Waals surface area contributed by atoms with Gasteiger partial charge in [0, 0.05) is 31.8 Å². The van der Waals surface area contributed by atoms with Gasteiger partial charge in [-0.05, 0) is 35.9 Å². The minimum atomic E-state index is -0.358. The topological polar surface area (TPSA) is 79.7 Å². The molecule has 0 spiro atoms. The van der Waals surface area contributed by atoms with Gasteiger partial charge < -0.3 is 4.90 Å². The van der Waals surface area contributed by atoms with Gasteiger partial charge in [0.2, 0.25) is 11.1 Å². The van der Waals surface area contributed by atoms with Crippen molar-refractivity contribution >= 4 is 17.5 Å². The first-order chi connectivity index (χ1) is 11.5. The van der Waals surface area contributed by atoms with Crippen molar-refractivity contribution in [2.45, 2.75) is 6.54 Å². The summed E-state index contributed by atoms with van der Waals surface area (Å²) in [6.07, 6.45) is 1.63. The quantitative estimate of drug-likeness (QED) is 0.784. The van der Waals surface area contributed by atoms with E-state index in [-0.39, 0.29) is 29.4 Å². The molecule has 3 aromatic rings. The van der Waals surface area contributed by atoms with Crippen LogP contribution in [-0.2, 0) is 13.6 Å². The molecule has 0 radical (unpaired) electrons. The molecule has 9 heteroatoms. The van der Waals surface area contributed by atoms with Gasteiger partial charge in [0.05, 0.1) is 11.9 Å². The number of halogens is 2. The number of amides is 1. The van der Waals surface area contributed by atoms with E-state index in [1.165, 1.54) is 21.7 Å². The summed E-state index contributed by atoms with van der Waals surface area (Å²) in [7, 11) is 3.24. The lowest BCUT2D eigenvalue weighted by Gasteiger charge is -2.15. The molecule has 1 N–H and O–H groups in total. The zero-order chi connectivity index (χ0) is 17.3. The van der Waals surface area contributed by atoms with Crippen LogP contribution in [0, 0.1) is 5.82 Å². The second-order valence-corrected chi connectivity index (χ2v) is 5.60. The second kappa shape index (κ2) is 6.40. The van der Waals surface area contributed by atoms with E-state index in [1.807, 2.05) is 0 Å². The number of carbonyl (C=O) groups is 1. The van der Waals surface area contributed by atoms with E-state index < -0.39 is 0 Å². The van der Waals surface area contributed by atoms with Gasteiger partial charge in [-0.3, -0.25) is 9.89 Å². The predicted molar refractivity (Wildman–Crippen MR) is 85.8 cm³/mol. The Balaban J connectivity index is 1.80. The summed E-state index contributed by atoms with van der Waals surface area (Å²) >= 11 is 5.81. The lowest BCUT2D eigenvalue weighted by molar-refractivity contribution is 0.0773. The lowest BCUT2D eigenvalue weighted by atomic mass is 10.1. The summed E-state index contributed by atoms with van der Waals surface area (Å²) in [6.45, 7) is 0.290. The summed E-state index contributed by atoms with van der Waals surface area (Å²) in [5.74, 6) is -0.647. The monoisotopic (exact) mass is 348 g/mol.